The van der Waals surface area contributed by atoms with Crippen LogP contribution in [0.1, 0.15) is 11.3 Å². The molecule has 0 radical (unpaired) electrons. The van der Waals surface area contributed by atoms with Gasteiger partial charge in [0.2, 0.25) is 10.0 Å². The van der Waals surface area contributed by atoms with E-state index < -0.39 is 26.7 Å². The van der Waals surface area contributed by atoms with Gasteiger partial charge in [-0.05, 0) is 30.3 Å². The zero-order valence-electron chi connectivity index (χ0n) is 15.8. The Bertz CT molecular complexity index is 1170. The van der Waals surface area contributed by atoms with Gasteiger partial charge < -0.3 is 9.42 Å². The number of nitrogens with zero attached hydrogens (tertiary/aromatic N) is 3. The topological polar surface area (TPSA) is 92.7 Å². The molecule has 1 saturated heterocycles. The van der Waals surface area contributed by atoms with Crippen LogP contribution in [0.3, 0.4) is 0 Å². The molecule has 0 bridgehead atoms. The van der Waals surface area contributed by atoms with Crippen LogP contribution in [-0.2, 0) is 22.7 Å². The Morgan fingerprint density at radius 1 is 1.07 bits per heavy atom. The van der Waals surface area contributed by atoms with Crippen LogP contribution < -0.4 is 10.0 Å². The fraction of sp³-hybridized carbons (Fsp3) is 0.316. The molecule has 1 aromatic heterocycles. The normalized spacial score (nSPS) is 16.3. The molecule has 7 nitrogen and oxygen atoms in total. The standard InChI is InChI=1S/C19H19F3N4O3S/c20-19(21,22)15-11-13(30(23,27)28)5-6-17(15)26-9-7-25(8-10-26)12-16-14-3-1-2-4-18(14)29-24-16/h1-6,11H,7-10,12H2,(H2,23,27,28). The van der Waals surface area contributed by atoms with Crippen LogP contribution in [0.2, 0.25) is 0 Å². The number of sulfonamides is 1. The second-order valence-electron chi connectivity index (χ2n) is 7.11. The van der Waals surface area contributed by atoms with Crippen molar-refractivity contribution in [3.63, 3.8) is 0 Å². The van der Waals surface area contributed by atoms with Crippen molar-refractivity contribution in [1.82, 2.24) is 10.1 Å². The van der Waals surface area contributed by atoms with Gasteiger partial charge >= 0.3 is 6.18 Å². The SMILES string of the molecule is NS(=O)(=O)c1ccc(N2CCN(Cc3noc4ccccc34)CC2)c(C(F)(F)F)c1. The van der Waals surface area contributed by atoms with Crippen molar-refractivity contribution in [2.45, 2.75) is 17.6 Å². The minimum Gasteiger partial charge on any atom is -0.368 e. The van der Waals surface area contributed by atoms with E-state index in [2.05, 4.69) is 10.1 Å². The first kappa shape index (κ1) is 20.6. The van der Waals surface area contributed by atoms with Gasteiger partial charge in [0.05, 0.1) is 10.5 Å². The number of rotatable bonds is 4. The Labute approximate surface area is 170 Å². The summed E-state index contributed by atoms with van der Waals surface area (Å²) in [5.41, 5.74) is 0.412. The number of primary sulfonamides is 1. The summed E-state index contributed by atoms with van der Waals surface area (Å²) in [5.74, 6) is 0. The molecule has 0 spiro atoms. The zero-order valence-corrected chi connectivity index (χ0v) is 16.6. The van der Waals surface area contributed by atoms with Crippen molar-refractivity contribution < 1.29 is 26.1 Å². The predicted molar refractivity (Wildman–Crippen MR) is 104 cm³/mol. The Hall–Kier alpha value is -2.63. The fourth-order valence-electron chi connectivity index (χ4n) is 3.61. The minimum atomic E-state index is -4.70. The van der Waals surface area contributed by atoms with Gasteiger partial charge in [-0.2, -0.15) is 13.2 Å². The van der Waals surface area contributed by atoms with Crippen LogP contribution in [-0.4, -0.2) is 44.7 Å². The van der Waals surface area contributed by atoms with Gasteiger partial charge in [-0.15, -0.1) is 0 Å². The van der Waals surface area contributed by atoms with E-state index in [0.717, 1.165) is 17.1 Å². The van der Waals surface area contributed by atoms with E-state index in [-0.39, 0.29) is 5.69 Å². The number of alkyl halides is 3. The molecule has 0 aliphatic carbocycles. The summed E-state index contributed by atoms with van der Waals surface area (Å²) in [4.78, 5) is 3.13. The van der Waals surface area contributed by atoms with Crippen LogP contribution >= 0.6 is 0 Å². The van der Waals surface area contributed by atoms with E-state index in [0.29, 0.717) is 44.4 Å². The fourth-order valence-corrected chi connectivity index (χ4v) is 4.15. The van der Waals surface area contributed by atoms with Crippen molar-refractivity contribution >= 4 is 26.7 Å². The molecular formula is C19H19F3N4O3S. The maximum atomic E-state index is 13.6. The first-order valence-electron chi connectivity index (χ1n) is 9.17. The van der Waals surface area contributed by atoms with Crippen LogP contribution in [0, 0.1) is 0 Å². The van der Waals surface area contributed by atoms with Crippen LogP contribution in [0.5, 0.6) is 0 Å². The third-order valence-electron chi connectivity index (χ3n) is 5.14. The van der Waals surface area contributed by atoms with E-state index >= 15 is 0 Å². The molecule has 4 rings (SSSR count). The molecule has 1 aliphatic heterocycles. The minimum absolute atomic E-state index is 0.0542. The van der Waals surface area contributed by atoms with E-state index in [9.17, 15) is 21.6 Å². The second-order valence-corrected chi connectivity index (χ2v) is 8.67. The summed E-state index contributed by atoms with van der Waals surface area (Å²) < 4.78 is 68.9. The summed E-state index contributed by atoms with van der Waals surface area (Å²) in [5, 5.41) is 10.0. The number of fused-ring (bicyclic) bond motifs is 1. The van der Waals surface area contributed by atoms with Crippen molar-refractivity contribution in [1.29, 1.82) is 0 Å². The number of piperazine rings is 1. The maximum absolute atomic E-state index is 13.6. The van der Waals surface area contributed by atoms with Gasteiger partial charge in [0.25, 0.3) is 0 Å². The summed E-state index contributed by atoms with van der Waals surface area (Å²) in [7, 11) is -4.23. The van der Waals surface area contributed by atoms with Crippen molar-refractivity contribution in [3.05, 3.63) is 53.7 Å². The molecule has 0 unspecified atom stereocenters. The number of halogens is 3. The summed E-state index contributed by atoms with van der Waals surface area (Å²) in [6, 6.07) is 10.4. The van der Waals surface area contributed by atoms with Gasteiger partial charge in [-0.1, -0.05) is 17.3 Å². The van der Waals surface area contributed by atoms with E-state index in [1.807, 2.05) is 24.3 Å². The number of anilines is 1. The lowest BCUT2D eigenvalue weighted by atomic mass is 10.1. The smallest absolute Gasteiger partial charge is 0.368 e. The van der Waals surface area contributed by atoms with Gasteiger partial charge in [0.15, 0.2) is 5.58 Å². The highest BCUT2D eigenvalue weighted by molar-refractivity contribution is 7.89. The molecule has 0 saturated carbocycles. The first-order valence-corrected chi connectivity index (χ1v) is 10.7. The quantitative estimate of drug-likeness (QED) is 0.671. The Morgan fingerprint density at radius 2 is 1.77 bits per heavy atom. The lowest BCUT2D eigenvalue weighted by molar-refractivity contribution is -0.137. The van der Waals surface area contributed by atoms with E-state index in [4.69, 9.17) is 9.66 Å². The molecule has 30 heavy (non-hydrogen) atoms. The number of benzene rings is 2. The molecule has 3 aromatic rings. The average molecular weight is 440 g/mol. The van der Waals surface area contributed by atoms with Crippen molar-refractivity contribution in [3.8, 4) is 0 Å². The zero-order chi connectivity index (χ0) is 21.5. The molecule has 2 aromatic carbocycles. The first-order chi connectivity index (χ1) is 14.1. The van der Waals surface area contributed by atoms with Crippen LogP contribution in [0.15, 0.2) is 51.9 Å². The highest BCUT2D eigenvalue weighted by Crippen LogP contribution is 2.38. The molecule has 0 atom stereocenters. The number of hydrogen-bond donors (Lipinski definition) is 1. The highest BCUT2D eigenvalue weighted by Gasteiger charge is 2.36. The largest absolute Gasteiger partial charge is 0.418 e. The summed E-state index contributed by atoms with van der Waals surface area (Å²) in [6.45, 7) is 2.29. The van der Waals surface area contributed by atoms with Gasteiger partial charge in [-0.3, -0.25) is 4.90 Å². The van der Waals surface area contributed by atoms with Crippen molar-refractivity contribution in [2.24, 2.45) is 5.14 Å². The lowest BCUT2D eigenvalue weighted by Crippen LogP contribution is -2.46. The Morgan fingerprint density at radius 3 is 2.43 bits per heavy atom. The molecule has 160 valence electrons. The van der Waals surface area contributed by atoms with Crippen molar-refractivity contribution in [2.75, 3.05) is 31.1 Å². The van der Waals surface area contributed by atoms with Crippen LogP contribution in [0.4, 0.5) is 18.9 Å². The number of para-hydroxylation sites is 1. The van der Waals surface area contributed by atoms with Gasteiger partial charge in [0, 0.05) is 43.8 Å². The Balaban J connectivity index is 1.51. The number of nitrogens with two attached hydrogens (primary N) is 1. The molecular weight excluding hydrogens is 421 g/mol. The van der Waals surface area contributed by atoms with Gasteiger partial charge in [-0.25, -0.2) is 13.6 Å². The number of aromatic nitrogens is 1. The average Bonchev–Trinajstić information content (AvgIpc) is 3.10. The highest BCUT2D eigenvalue weighted by atomic mass is 32.2. The molecule has 11 heteroatoms. The second kappa shape index (κ2) is 7.56. The van der Waals surface area contributed by atoms with E-state index in [1.54, 1.807) is 4.90 Å². The molecule has 0 amide bonds. The van der Waals surface area contributed by atoms with E-state index in [1.165, 1.54) is 6.07 Å². The third kappa shape index (κ3) is 4.13. The summed E-state index contributed by atoms with van der Waals surface area (Å²) >= 11 is 0. The molecule has 2 N–H and O–H groups in total. The molecule has 1 fully saturated rings. The van der Waals surface area contributed by atoms with Crippen LogP contribution in [0.25, 0.3) is 11.0 Å². The number of hydrogen-bond acceptors (Lipinski definition) is 6. The van der Waals surface area contributed by atoms with Gasteiger partial charge in [0.1, 0.15) is 5.69 Å². The molecule has 1 aliphatic rings. The maximum Gasteiger partial charge on any atom is 0.418 e. The third-order valence-corrected chi connectivity index (χ3v) is 6.05. The lowest BCUT2D eigenvalue weighted by Gasteiger charge is -2.37. The Kier molecular flexibility index (Phi) is 5.20. The molecule has 2 heterocycles. The predicted octanol–water partition coefficient (Wildman–Crippen LogP) is 2.82. The monoisotopic (exact) mass is 440 g/mol. The summed E-state index contributed by atoms with van der Waals surface area (Å²) in [6.07, 6.45) is -4.70.